The molecule has 3 rings (SSSR count). The maximum absolute atomic E-state index is 13.6. The SMILES string of the molecule is O=C(NCc1ccccc1F)c1cc(Nc2ccc(F)cc2)ncn1. The molecule has 0 fully saturated rings. The van der Waals surface area contributed by atoms with E-state index in [1.54, 1.807) is 30.3 Å². The Morgan fingerprint density at radius 1 is 1.00 bits per heavy atom. The van der Waals surface area contributed by atoms with Gasteiger partial charge in [0, 0.05) is 23.9 Å². The van der Waals surface area contributed by atoms with Gasteiger partial charge in [0.25, 0.3) is 5.91 Å². The van der Waals surface area contributed by atoms with Gasteiger partial charge in [-0.3, -0.25) is 4.79 Å². The van der Waals surface area contributed by atoms with Crippen LogP contribution in [0.4, 0.5) is 20.3 Å². The lowest BCUT2D eigenvalue weighted by atomic mass is 10.2. The zero-order valence-corrected chi connectivity index (χ0v) is 13.0. The van der Waals surface area contributed by atoms with Crippen molar-refractivity contribution in [1.29, 1.82) is 0 Å². The fraction of sp³-hybridized carbons (Fsp3) is 0.0556. The summed E-state index contributed by atoms with van der Waals surface area (Å²) in [5.74, 6) is -0.795. The minimum atomic E-state index is -0.451. The first-order valence-corrected chi connectivity index (χ1v) is 7.48. The third-order valence-electron chi connectivity index (χ3n) is 3.41. The minimum absolute atomic E-state index is 0.0518. The van der Waals surface area contributed by atoms with E-state index in [9.17, 15) is 13.6 Å². The lowest BCUT2D eigenvalue weighted by Crippen LogP contribution is -2.24. The van der Waals surface area contributed by atoms with Crippen molar-refractivity contribution >= 4 is 17.4 Å². The van der Waals surface area contributed by atoms with Crippen LogP contribution in [0.25, 0.3) is 0 Å². The predicted molar refractivity (Wildman–Crippen MR) is 89.3 cm³/mol. The molecule has 25 heavy (non-hydrogen) atoms. The summed E-state index contributed by atoms with van der Waals surface area (Å²) in [7, 11) is 0. The highest BCUT2D eigenvalue weighted by Gasteiger charge is 2.10. The van der Waals surface area contributed by atoms with E-state index in [2.05, 4.69) is 20.6 Å². The second-order valence-electron chi connectivity index (χ2n) is 5.19. The monoisotopic (exact) mass is 340 g/mol. The number of rotatable bonds is 5. The smallest absolute Gasteiger partial charge is 0.270 e. The van der Waals surface area contributed by atoms with Gasteiger partial charge in [-0.05, 0) is 30.3 Å². The molecule has 1 aromatic heterocycles. The third-order valence-corrected chi connectivity index (χ3v) is 3.41. The second kappa shape index (κ2) is 7.48. The number of anilines is 2. The van der Waals surface area contributed by atoms with E-state index in [0.29, 0.717) is 17.1 Å². The zero-order valence-electron chi connectivity index (χ0n) is 13.0. The molecule has 3 aromatic rings. The second-order valence-corrected chi connectivity index (χ2v) is 5.19. The molecule has 1 heterocycles. The van der Waals surface area contributed by atoms with Crippen molar-refractivity contribution in [3.63, 3.8) is 0 Å². The molecule has 0 spiro atoms. The Morgan fingerprint density at radius 2 is 1.76 bits per heavy atom. The van der Waals surface area contributed by atoms with Crippen LogP contribution in [-0.4, -0.2) is 15.9 Å². The van der Waals surface area contributed by atoms with Gasteiger partial charge in [-0.1, -0.05) is 18.2 Å². The molecule has 2 aromatic carbocycles. The molecule has 126 valence electrons. The van der Waals surface area contributed by atoms with Crippen LogP contribution in [0, 0.1) is 11.6 Å². The summed E-state index contributed by atoms with van der Waals surface area (Å²) in [4.78, 5) is 20.1. The first-order valence-electron chi connectivity index (χ1n) is 7.48. The number of aromatic nitrogens is 2. The van der Waals surface area contributed by atoms with Crippen LogP contribution in [-0.2, 0) is 6.54 Å². The summed E-state index contributed by atoms with van der Waals surface area (Å²) >= 11 is 0. The van der Waals surface area contributed by atoms with Crippen molar-refractivity contribution < 1.29 is 13.6 Å². The molecule has 0 atom stereocenters. The minimum Gasteiger partial charge on any atom is -0.347 e. The van der Waals surface area contributed by atoms with E-state index >= 15 is 0 Å². The molecule has 7 heteroatoms. The molecule has 0 aliphatic rings. The van der Waals surface area contributed by atoms with Crippen LogP contribution in [0.3, 0.4) is 0 Å². The lowest BCUT2D eigenvalue weighted by molar-refractivity contribution is 0.0945. The van der Waals surface area contributed by atoms with Gasteiger partial charge in [-0.25, -0.2) is 18.7 Å². The lowest BCUT2D eigenvalue weighted by Gasteiger charge is -2.08. The standard InChI is InChI=1S/C18H14F2N4O/c19-13-5-7-14(8-6-13)24-17-9-16(22-11-23-17)18(25)21-10-12-3-1-2-4-15(12)20/h1-9,11H,10H2,(H,21,25)(H,22,23,24). The number of hydrogen-bond donors (Lipinski definition) is 2. The normalized spacial score (nSPS) is 10.3. The Balaban J connectivity index is 1.67. The quantitative estimate of drug-likeness (QED) is 0.747. The fourth-order valence-corrected chi connectivity index (χ4v) is 2.14. The fourth-order valence-electron chi connectivity index (χ4n) is 2.14. The summed E-state index contributed by atoms with van der Waals surface area (Å²) < 4.78 is 26.5. The van der Waals surface area contributed by atoms with Crippen LogP contribution in [0.5, 0.6) is 0 Å². The van der Waals surface area contributed by atoms with Gasteiger partial charge >= 0.3 is 0 Å². The van der Waals surface area contributed by atoms with E-state index in [1.165, 1.54) is 30.6 Å². The van der Waals surface area contributed by atoms with Gasteiger partial charge in [0.15, 0.2) is 0 Å². The summed E-state index contributed by atoms with van der Waals surface area (Å²) in [5, 5.41) is 5.56. The van der Waals surface area contributed by atoms with E-state index in [4.69, 9.17) is 0 Å². The van der Waals surface area contributed by atoms with Gasteiger partial charge < -0.3 is 10.6 Å². The van der Waals surface area contributed by atoms with Crippen molar-refractivity contribution in [3.05, 3.63) is 83.8 Å². The van der Waals surface area contributed by atoms with Crippen molar-refractivity contribution in [2.45, 2.75) is 6.54 Å². The number of benzene rings is 2. The molecule has 0 saturated carbocycles. The predicted octanol–water partition coefficient (Wildman–Crippen LogP) is 3.43. The van der Waals surface area contributed by atoms with Crippen LogP contribution in [0.2, 0.25) is 0 Å². The highest BCUT2D eigenvalue weighted by Crippen LogP contribution is 2.15. The van der Waals surface area contributed by atoms with Gasteiger partial charge in [0.2, 0.25) is 0 Å². The molecular formula is C18H14F2N4O. The zero-order chi connectivity index (χ0) is 17.6. The van der Waals surface area contributed by atoms with Crippen molar-refractivity contribution in [2.24, 2.45) is 0 Å². The number of carbonyl (C=O) groups excluding carboxylic acids is 1. The highest BCUT2D eigenvalue weighted by atomic mass is 19.1. The van der Waals surface area contributed by atoms with E-state index in [-0.39, 0.29) is 23.9 Å². The largest absolute Gasteiger partial charge is 0.347 e. The number of nitrogens with one attached hydrogen (secondary N) is 2. The molecule has 1 amide bonds. The number of hydrogen-bond acceptors (Lipinski definition) is 4. The highest BCUT2D eigenvalue weighted by molar-refractivity contribution is 5.92. The summed E-state index contributed by atoms with van der Waals surface area (Å²) in [5.41, 5.74) is 1.14. The summed E-state index contributed by atoms with van der Waals surface area (Å²) in [6.07, 6.45) is 1.24. The van der Waals surface area contributed by atoms with Gasteiger partial charge in [0.1, 0.15) is 29.5 Å². The number of halogens is 2. The molecule has 5 nitrogen and oxygen atoms in total. The van der Waals surface area contributed by atoms with Gasteiger partial charge in [-0.2, -0.15) is 0 Å². The third kappa shape index (κ3) is 4.35. The van der Waals surface area contributed by atoms with Crippen molar-refractivity contribution in [2.75, 3.05) is 5.32 Å². The molecular weight excluding hydrogens is 326 g/mol. The summed E-state index contributed by atoms with van der Waals surface area (Å²) in [6, 6.07) is 13.4. The molecule has 0 aliphatic heterocycles. The van der Waals surface area contributed by atoms with E-state index < -0.39 is 5.91 Å². The van der Waals surface area contributed by atoms with Gasteiger partial charge in [-0.15, -0.1) is 0 Å². The molecule has 0 radical (unpaired) electrons. The first kappa shape index (κ1) is 16.5. The molecule has 2 N–H and O–H groups in total. The van der Waals surface area contributed by atoms with Gasteiger partial charge in [0.05, 0.1) is 0 Å². The molecule has 0 aliphatic carbocycles. The van der Waals surface area contributed by atoms with Crippen molar-refractivity contribution in [1.82, 2.24) is 15.3 Å². The maximum atomic E-state index is 13.6. The molecule has 0 saturated heterocycles. The maximum Gasteiger partial charge on any atom is 0.270 e. The van der Waals surface area contributed by atoms with Crippen LogP contribution in [0.15, 0.2) is 60.9 Å². The first-order chi connectivity index (χ1) is 12.1. The van der Waals surface area contributed by atoms with E-state index in [0.717, 1.165) is 0 Å². The van der Waals surface area contributed by atoms with E-state index in [1.807, 2.05) is 0 Å². The average molecular weight is 340 g/mol. The van der Waals surface area contributed by atoms with Crippen LogP contribution < -0.4 is 10.6 Å². The summed E-state index contributed by atoms with van der Waals surface area (Å²) in [6.45, 7) is 0.0518. The average Bonchev–Trinajstić information content (AvgIpc) is 2.63. The Hall–Kier alpha value is -3.35. The number of carbonyl (C=O) groups is 1. The Morgan fingerprint density at radius 3 is 2.52 bits per heavy atom. The molecule has 0 unspecified atom stereocenters. The number of nitrogens with zero attached hydrogens (tertiary/aromatic N) is 2. The van der Waals surface area contributed by atoms with Crippen LogP contribution >= 0.6 is 0 Å². The number of amides is 1. The topological polar surface area (TPSA) is 66.9 Å². The Kier molecular flexibility index (Phi) is 4.94. The van der Waals surface area contributed by atoms with Crippen molar-refractivity contribution in [3.8, 4) is 0 Å². The molecule has 0 bridgehead atoms. The Labute approximate surface area is 142 Å². The Bertz CT molecular complexity index is 884. The van der Waals surface area contributed by atoms with Crippen LogP contribution in [0.1, 0.15) is 16.1 Å².